The molecule has 190 valence electrons. The van der Waals surface area contributed by atoms with Crippen LogP contribution in [0.4, 0.5) is 0 Å². The summed E-state index contributed by atoms with van der Waals surface area (Å²) in [5.41, 5.74) is 5.55. The zero-order valence-electron chi connectivity index (χ0n) is 21.0. The predicted octanol–water partition coefficient (Wildman–Crippen LogP) is 6.02. The molecule has 2 aromatic carbocycles. The van der Waals surface area contributed by atoms with Gasteiger partial charge < -0.3 is 14.4 Å². The Kier molecular flexibility index (Phi) is 7.39. The van der Waals surface area contributed by atoms with Gasteiger partial charge in [-0.3, -0.25) is 9.59 Å². The highest BCUT2D eigenvalue weighted by molar-refractivity contribution is 6.32. The molecule has 0 amide bonds. The van der Waals surface area contributed by atoms with Gasteiger partial charge in [-0.1, -0.05) is 47.9 Å². The first kappa shape index (κ1) is 25.2. The Hall–Kier alpha value is -3.49. The largest absolute Gasteiger partial charge is 0.493 e. The molecule has 0 fully saturated rings. The molecular formula is C31H30ClNO4. The van der Waals surface area contributed by atoms with Crippen molar-refractivity contribution in [3.05, 3.63) is 81.2 Å². The second-order valence-corrected chi connectivity index (χ2v) is 10.0. The Morgan fingerprint density at radius 2 is 1.65 bits per heavy atom. The van der Waals surface area contributed by atoms with E-state index < -0.39 is 5.92 Å². The van der Waals surface area contributed by atoms with E-state index in [2.05, 4.69) is 23.0 Å². The van der Waals surface area contributed by atoms with Gasteiger partial charge in [0.25, 0.3) is 0 Å². The smallest absolute Gasteiger partial charge is 0.181 e. The summed E-state index contributed by atoms with van der Waals surface area (Å²) in [7, 11) is 1.54. The van der Waals surface area contributed by atoms with Crippen molar-refractivity contribution in [3.8, 4) is 23.8 Å². The number of methoxy groups -OCH3 is 1. The Morgan fingerprint density at radius 3 is 2.24 bits per heavy atom. The van der Waals surface area contributed by atoms with Crippen LogP contribution in [0.5, 0.6) is 11.5 Å². The molecule has 0 radical (unpaired) electrons. The summed E-state index contributed by atoms with van der Waals surface area (Å²) in [6.45, 7) is 0.786. The lowest BCUT2D eigenvalue weighted by Crippen LogP contribution is -2.40. The summed E-state index contributed by atoms with van der Waals surface area (Å²) in [5.74, 6) is 2.97. The Bertz CT molecular complexity index is 1290. The maximum absolute atomic E-state index is 13.5. The summed E-state index contributed by atoms with van der Waals surface area (Å²) in [5, 5.41) is 0.340. The van der Waals surface area contributed by atoms with Crippen molar-refractivity contribution in [1.29, 1.82) is 0 Å². The van der Waals surface area contributed by atoms with E-state index in [-0.39, 0.29) is 18.2 Å². The molecule has 0 unspecified atom stereocenters. The summed E-state index contributed by atoms with van der Waals surface area (Å²) in [6, 6.07) is 14.0. The van der Waals surface area contributed by atoms with Crippen LogP contribution < -0.4 is 9.47 Å². The SMILES string of the molecule is C#CCOc1c(Cl)cc(C2C3=C(CCCC3=O)N(CCc3ccccc3)C3=C2C(=O)CCC3)cc1OC. The lowest BCUT2D eigenvalue weighted by atomic mass is 9.71. The Balaban J connectivity index is 1.64. The van der Waals surface area contributed by atoms with Crippen molar-refractivity contribution in [1.82, 2.24) is 4.90 Å². The molecule has 1 aliphatic heterocycles. The highest BCUT2D eigenvalue weighted by atomic mass is 35.5. The van der Waals surface area contributed by atoms with Crippen molar-refractivity contribution in [3.63, 3.8) is 0 Å². The molecule has 3 aliphatic rings. The van der Waals surface area contributed by atoms with Crippen molar-refractivity contribution in [2.75, 3.05) is 20.3 Å². The normalized spacial score (nSPS) is 17.9. The topological polar surface area (TPSA) is 55.8 Å². The molecule has 0 bridgehead atoms. The van der Waals surface area contributed by atoms with E-state index in [1.54, 1.807) is 6.07 Å². The van der Waals surface area contributed by atoms with Crippen LogP contribution in [0.25, 0.3) is 0 Å². The third-order valence-corrected chi connectivity index (χ3v) is 7.72. The van der Waals surface area contributed by atoms with E-state index in [1.807, 2.05) is 24.3 Å². The van der Waals surface area contributed by atoms with E-state index in [4.69, 9.17) is 27.5 Å². The van der Waals surface area contributed by atoms with Crippen LogP contribution in [-0.2, 0) is 16.0 Å². The number of carbonyl (C=O) groups is 2. The number of hydrogen-bond acceptors (Lipinski definition) is 5. The average Bonchev–Trinajstić information content (AvgIpc) is 2.91. The van der Waals surface area contributed by atoms with Gasteiger partial charge in [0, 0.05) is 47.8 Å². The van der Waals surface area contributed by atoms with E-state index in [0.29, 0.717) is 29.4 Å². The molecule has 5 nitrogen and oxygen atoms in total. The monoisotopic (exact) mass is 515 g/mol. The first-order chi connectivity index (χ1) is 18.0. The highest BCUT2D eigenvalue weighted by Crippen LogP contribution is 2.51. The van der Waals surface area contributed by atoms with Gasteiger partial charge in [0.15, 0.2) is 23.1 Å². The number of ether oxygens (including phenoxy) is 2. The summed E-state index contributed by atoms with van der Waals surface area (Å²) < 4.78 is 11.2. The molecule has 0 atom stereocenters. The highest BCUT2D eigenvalue weighted by Gasteiger charge is 2.43. The van der Waals surface area contributed by atoms with Crippen LogP contribution >= 0.6 is 11.6 Å². The molecular weight excluding hydrogens is 486 g/mol. The first-order valence-corrected chi connectivity index (χ1v) is 13.2. The zero-order valence-corrected chi connectivity index (χ0v) is 21.8. The average molecular weight is 516 g/mol. The van der Waals surface area contributed by atoms with Gasteiger partial charge in [-0.15, -0.1) is 6.42 Å². The van der Waals surface area contributed by atoms with Gasteiger partial charge in [-0.2, -0.15) is 0 Å². The van der Waals surface area contributed by atoms with Crippen LogP contribution in [0.2, 0.25) is 5.02 Å². The van der Waals surface area contributed by atoms with Crippen LogP contribution in [-0.4, -0.2) is 36.7 Å². The molecule has 2 aliphatic carbocycles. The maximum Gasteiger partial charge on any atom is 0.181 e. The third-order valence-electron chi connectivity index (χ3n) is 7.44. The number of terminal acetylenes is 1. The molecule has 2 aromatic rings. The van der Waals surface area contributed by atoms with E-state index in [1.165, 1.54) is 12.7 Å². The van der Waals surface area contributed by atoms with Crippen molar-refractivity contribution in [2.24, 2.45) is 0 Å². The number of benzene rings is 2. The first-order valence-electron chi connectivity index (χ1n) is 12.8. The summed E-state index contributed by atoms with van der Waals surface area (Å²) in [4.78, 5) is 29.3. The van der Waals surface area contributed by atoms with E-state index in [0.717, 1.165) is 66.8 Å². The number of carbonyl (C=O) groups excluding carboxylic acids is 2. The molecule has 0 aromatic heterocycles. The lowest BCUT2D eigenvalue weighted by Gasteiger charge is -2.44. The van der Waals surface area contributed by atoms with Gasteiger partial charge >= 0.3 is 0 Å². The Labute approximate surface area is 223 Å². The standard InChI is InChI=1S/C31H30ClNO4/c1-3-17-37-31-22(32)18-21(19-27(31)36-2)28-29-23(11-7-13-25(29)34)33(16-15-20-9-5-4-6-10-20)24-12-8-14-26(35)30(24)28/h1,4-6,9-10,18-19,28H,7-8,11-17H2,2H3. The fourth-order valence-corrected chi connectivity index (χ4v) is 6.14. The molecule has 0 spiro atoms. The van der Waals surface area contributed by atoms with Gasteiger partial charge in [0.05, 0.1) is 12.1 Å². The van der Waals surface area contributed by atoms with Crippen molar-refractivity contribution < 1.29 is 19.1 Å². The van der Waals surface area contributed by atoms with Crippen molar-refractivity contribution in [2.45, 2.75) is 50.9 Å². The molecule has 0 saturated carbocycles. The fraction of sp³-hybridized carbons (Fsp3) is 0.355. The summed E-state index contributed by atoms with van der Waals surface area (Å²) >= 11 is 6.65. The molecule has 0 saturated heterocycles. The van der Waals surface area contributed by atoms with Gasteiger partial charge in [0.1, 0.15) is 6.61 Å². The van der Waals surface area contributed by atoms with Crippen LogP contribution in [0, 0.1) is 12.3 Å². The van der Waals surface area contributed by atoms with E-state index >= 15 is 0 Å². The van der Waals surface area contributed by atoms with Crippen LogP contribution in [0.3, 0.4) is 0 Å². The quantitative estimate of drug-likeness (QED) is 0.422. The summed E-state index contributed by atoms with van der Waals surface area (Å²) in [6.07, 6.45) is 10.4. The molecule has 5 rings (SSSR count). The predicted molar refractivity (Wildman–Crippen MR) is 144 cm³/mol. The Morgan fingerprint density at radius 1 is 1.00 bits per heavy atom. The maximum atomic E-state index is 13.5. The number of Topliss-reactive ketones (excluding diaryl/α,β-unsaturated/α-hetero) is 2. The fourth-order valence-electron chi connectivity index (χ4n) is 5.87. The van der Waals surface area contributed by atoms with E-state index in [9.17, 15) is 9.59 Å². The second-order valence-electron chi connectivity index (χ2n) is 9.62. The molecule has 0 N–H and O–H groups in total. The number of halogens is 1. The van der Waals surface area contributed by atoms with Gasteiger partial charge in [-0.05, 0) is 55.4 Å². The number of nitrogens with zero attached hydrogens (tertiary/aromatic N) is 1. The van der Waals surface area contributed by atoms with Gasteiger partial charge in [-0.25, -0.2) is 0 Å². The number of rotatable bonds is 7. The molecule has 6 heteroatoms. The lowest BCUT2D eigenvalue weighted by molar-refractivity contribution is -0.117. The number of ketones is 2. The molecule has 37 heavy (non-hydrogen) atoms. The van der Waals surface area contributed by atoms with Crippen LogP contribution in [0.1, 0.15) is 55.6 Å². The van der Waals surface area contributed by atoms with Crippen LogP contribution in [0.15, 0.2) is 65.0 Å². The van der Waals surface area contributed by atoms with Crippen molar-refractivity contribution >= 4 is 23.2 Å². The minimum atomic E-state index is -0.466. The molecule has 1 heterocycles. The third kappa shape index (κ3) is 4.79. The van der Waals surface area contributed by atoms with Gasteiger partial charge in [0.2, 0.25) is 0 Å². The second kappa shape index (κ2) is 10.9. The number of allylic oxidation sites excluding steroid dienone is 4. The minimum Gasteiger partial charge on any atom is -0.493 e. The number of hydrogen-bond donors (Lipinski definition) is 0. The minimum absolute atomic E-state index is 0.0524. The zero-order chi connectivity index (χ0) is 25.9.